The van der Waals surface area contributed by atoms with Crippen LogP contribution in [0.5, 0.6) is 0 Å². The molecule has 0 aromatic heterocycles. The number of carbonyl (C=O) groups is 2. The lowest BCUT2D eigenvalue weighted by atomic mass is 10.0. The van der Waals surface area contributed by atoms with E-state index in [2.05, 4.69) is 72.3 Å². The Bertz CT molecular complexity index is 892. The first-order chi connectivity index (χ1) is 26.1. The van der Waals surface area contributed by atoms with Crippen molar-refractivity contribution in [1.82, 2.24) is 9.80 Å². The van der Waals surface area contributed by atoms with Gasteiger partial charge in [-0.25, -0.2) is 0 Å². The number of rotatable bonds is 38. The van der Waals surface area contributed by atoms with Gasteiger partial charge in [0.25, 0.3) is 0 Å². The predicted octanol–water partition coefficient (Wildman–Crippen LogP) is 10.9. The van der Waals surface area contributed by atoms with Crippen LogP contribution in [0, 0.1) is 5.92 Å². The molecule has 1 rings (SSSR count). The lowest BCUT2D eigenvalue weighted by molar-refractivity contribution is -0.144. The second kappa shape index (κ2) is 38.1. The van der Waals surface area contributed by atoms with E-state index in [0.29, 0.717) is 45.1 Å². The van der Waals surface area contributed by atoms with Crippen LogP contribution in [-0.4, -0.2) is 85.9 Å². The molecule has 1 saturated heterocycles. The Balaban J connectivity index is 2.11. The summed E-state index contributed by atoms with van der Waals surface area (Å²) in [6, 6.07) is 0. The molecule has 0 spiro atoms. The summed E-state index contributed by atoms with van der Waals surface area (Å²) >= 11 is 0. The van der Waals surface area contributed by atoms with E-state index >= 15 is 0 Å². The highest BCUT2D eigenvalue weighted by Crippen LogP contribution is 2.14. The number of nitrogens with zero attached hydrogens (tertiary/aromatic N) is 2. The third-order valence-electron chi connectivity index (χ3n) is 10.0. The summed E-state index contributed by atoms with van der Waals surface area (Å²) in [5, 5.41) is 9.34. The third-order valence-corrected chi connectivity index (χ3v) is 10.0. The van der Waals surface area contributed by atoms with Crippen molar-refractivity contribution in [3.63, 3.8) is 0 Å². The molecule has 0 aliphatic carbocycles. The van der Waals surface area contributed by atoms with Crippen molar-refractivity contribution in [2.75, 3.05) is 59.1 Å². The van der Waals surface area contributed by atoms with Gasteiger partial charge in [0.2, 0.25) is 0 Å². The van der Waals surface area contributed by atoms with Crippen LogP contribution in [0.15, 0.2) is 48.6 Å². The zero-order chi connectivity index (χ0) is 38.3. The number of ether oxygens (including phenoxy) is 2. The Morgan fingerprint density at radius 3 is 1.38 bits per heavy atom. The molecule has 1 heterocycles. The molecule has 306 valence electrons. The lowest BCUT2D eigenvalue weighted by Crippen LogP contribution is -2.51. The van der Waals surface area contributed by atoms with Gasteiger partial charge >= 0.3 is 11.9 Å². The number of aliphatic hydroxyl groups excluding tert-OH is 1. The molecular weight excluding hydrogens is 661 g/mol. The van der Waals surface area contributed by atoms with Crippen molar-refractivity contribution in [3.8, 4) is 0 Å². The van der Waals surface area contributed by atoms with Gasteiger partial charge in [-0.15, -0.1) is 0 Å². The fourth-order valence-corrected chi connectivity index (χ4v) is 6.48. The standard InChI is InChI=1S/C46H82N2O5/c1-3-5-7-9-11-13-15-17-19-21-23-25-27-29-31-33-45(50)52-39-37-47(35-36-48-41-44(42-48)43-49)38-40-53-46(51)34-32-30-28-26-24-22-20-18-16-14-12-10-8-6-4-2/h11-14,17-20,44,49H,3-10,15-16,21-43H2,1-2H3/b13-11-,14-12-,19-17-,20-18-. The molecule has 0 radical (unpaired) electrons. The molecule has 1 aliphatic heterocycles. The fraction of sp³-hybridized carbons (Fsp3) is 0.783. The maximum atomic E-state index is 12.4. The molecule has 0 aromatic rings. The predicted molar refractivity (Wildman–Crippen MR) is 224 cm³/mol. The second-order valence-electron chi connectivity index (χ2n) is 15.1. The normalized spacial score (nSPS) is 14.1. The quantitative estimate of drug-likeness (QED) is 0.0383. The molecule has 0 bridgehead atoms. The maximum absolute atomic E-state index is 12.4. The van der Waals surface area contributed by atoms with Crippen LogP contribution in [0.1, 0.15) is 168 Å². The molecule has 1 aliphatic rings. The monoisotopic (exact) mass is 743 g/mol. The summed E-state index contributed by atoms with van der Waals surface area (Å²) in [5.41, 5.74) is 0. The summed E-state index contributed by atoms with van der Waals surface area (Å²) < 4.78 is 11.2. The Morgan fingerprint density at radius 1 is 0.566 bits per heavy atom. The SMILES string of the molecule is CCCCC/C=C\C/C=C\CCCCCCCC(=O)OCCN(CCOC(=O)CCCCCCC/C=C\C/C=C\CCCCC)CCN1CC(CO)C1. The number of unbranched alkanes of at least 4 members (excludes halogenated alkanes) is 16. The Labute approximate surface area is 326 Å². The van der Waals surface area contributed by atoms with Gasteiger partial charge in [0.15, 0.2) is 0 Å². The lowest BCUT2D eigenvalue weighted by Gasteiger charge is -2.39. The number of esters is 2. The number of allylic oxidation sites excluding steroid dienone is 8. The van der Waals surface area contributed by atoms with E-state index in [1.807, 2.05) is 0 Å². The molecule has 0 aromatic carbocycles. The molecule has 53 heavy (non-hydrogen) atoms. The van der Waals surface area contributed by atoms with Crippen molar-refractivity contribution in [2.24, 2.45) is 5.92 Å². The average Bonchev–Trinajstić information content (AvgIpc) is 3.14. The van der Waals surface area contributed by atoms with Gasteiger partial charge in [0, 0.05) is 64.6 Å². The number of likely N-dealkylation sites (tertiary alicyclic amines) is 1. The van der Waals surface area contributed by atoms with Crippen LogP contribution in [0.3, 0.4) is 0 Å². The van der Waals surface area contributed by atoms with E-state index in [0.717, 1.165) is 90.4 Å². The molecule has 0 unspecified atom stereocenters. The Kier molecular flexibility index (Phi) is 35.1. The van der Waals surface area contributed by atoms with Gasteiger partial charge in [0.05, 0.1) is 0 Å². The molecule has 0 saturated carbocycles. The van der Waals surface area contributed by atoms with Crippen molar-refractivity contribution in [1.29, 1.82) is 0 Å². The highest BCUT2D eigenvalue weighted by Gasteiger charge is 2.25. The zero-order valence-electron chi connectivity index (χ0n) is 34.5. The van der Waals surface area contributed by atoms with E-state index in [-0.39, 0.29) is 18.5 Å². The van der Waals surface area contributed by atoms with Crippen molar-refractivity contribution in [2.45, 2.75) is 168 Å². The first-order valence-electron chi connectivity index (χ1n) is 22.1. The molecule has 7 nitrogen and oxygen atoms in total. The van der Waals surface area contributed by atoms with Gasteiger partial charge < -0.3 is 19.5 Å². The van der Waals surface area contributed by atoms with E-state index in [9.17, 15) is 14.7 Å². The van der Waals surface area contributed by atoms with E-state index in [1.54, 1.807) is 0 Å². The van der Waals surface area contributed by atoms with Crippen LogP contribution in [0.4, 0.5) is 0 Å². The Morgan fingerprint density at radius 2 is 0.962 bits per heavy atom. The summed E-state index contributed by atoms with van der Waals surface area (Å²) in [5.74, 6) is 0.148. The van der Waals surface area contributed by atoms with Crippen molar-refractivity contribution < 1.29 is 24.2 Å². The Hall–Kier alpha value is -2.22. The first-order valence-corrected chi connectivity index (χ1v) is 22.1. The number of carbonyl (C=O) groups excluding carboxylic acids is 2. The van der Waals surface area contributed by atoms with E-state index in [4.69, 9.17) is 9.47 Å². The highest BCUT2D eigenvalue weighted by molar-refractivity contribution is 5.69. The van der Waals surface area contributed by atoms with E-state index in [1.165, 1.54) is 77.0 Å². The van der Waals surface area contributed by atoms with Crippen LogP contribution in [-0.2, 0) is 19.1 Å². The third kappa shape index (κ3) is 32.9. The largest absolute Gasteiger partial charge is 0.464 e. The van der Waals surface area contributed by atoms with Gasteiger partial charge in [0.1, 0.15) is 13.2 Å². The topological polar surface area (TPSA) is 79.3 Å². The van der Waals surface area contributed by atoms with Gasteiger partial charge in [-0.2, -0.15) is 0 Å². The highest BCUT2D eigenvalue weighted by atomic mass is 16.5. The van der Waals surface area contributed by atoms with Crippen LogP contribution < -0.4 is 0 Å². The summed E-state index contributed by atoms with van der Waals surface area (Å²) in [6.07, 6.45) is 44.9. The summed E-state index contributed by atoms with van der Waals surface area (Å²) in [4.78, 5) is 29.3. The van der Waals surface area contributed by atoms with E-state index < -0.39 is 0 Å². The molecule has 0 amide bonds. The molecule has 7 heteroatoms. The second-order valence-corrected chi connectivity index (χ2v) is 15.1. The van der Waals surface area contributed by atoms with Gasteiger partial charge in [-0.05, 0) is 77.0 Å². The van der Waals surface area contributed by atoms with Gasteiger partial charge in [-0.3, -0.25) is 14.5 Å². The minimum Gasteiger partial charge on any atom is -0.464 e. The smallest absolute Gasteiger partial charge is 0.305 e. The number of hydrogen-bond acceptors (Lipinski definition) is 7. The minimum absolute atomic E-state index is 0.118. The van der Waals surface area contributed by atoms with Crippen molar-refractivity contribution >= 4 is 11.9 Å². The average molecular weight is 743 g/mol. The maximum Gasteiger partial charge on any atom is 0.305 e. The molecule has 1 fully saturated rings. The molecular formula is C46H82N2O5. The molecule has 1 N–H and O–H groups in total. The van der Waals surface area contributed by atoms with Crippen molar-refractivity contribution in [3.05, 3.63) is 48.6 Å². The van der Waals surface area contributed by atoms with Gasteiger partial charge in [-0.1, -0.05) is 127 Å². The fourth-order valence-electron chi connectivity index (χ4n) is 6.48. The van der Waals surface area contributed by atoms with Crippen LogP contribution in [0.2, 0.25) is 0 Å². The van der Waals surface area contributed by atoms with Crippen LogP contribution in [0.25, 0.3) is 0 Å². The van der Waals surface area contributed by atoms with Crippen LogP contribution >= 0.6 is 0 Å². The molecule has 0 atom stereocenters. The zero-order valence-corrected chi connectivity index (χ0v) is 34.5. The summed E-state index contributed by atoms with van der Waals surface area (Å²) in [6.45, 7) is 10.3. The number of hydrogen-bond donors (Lipinski definition) is 1. The first kappa shape index (κ1) is 48.8. The number of aliphatic hydroxyl groups is 1. The summed E-state index contributed by atoms with van der Waals surface area (Å²) in [7, 11) is 0. The minimum atomic E-state index is -0.118.